The van der Waals surface area contributed by atoms with Crippen molar-refractivity contribution in [3.8, 4) is 0 Å². The van der Waals surface area contributed by atoms with Gasteiger partial charge in [0.05, 0.1) is 5.41 Å². The Morgan fingerprint density at radius 2 is 2.31 bits per heavy atom. The van der Waals surface area contributed by atoms with E-state index in [1.807, 2.05) is 0 Å². The maximum Gasteiger partial charge on any atom is 0.227 e. The summed E-state index contributed by atoms with van der Waals surface area (Å²) in [5.74, 6) is 0.995. The Morgan fingerprint density at radius 1 is 1.56 bits per heavy atom. The number of rotatable bonds is 4. The first-order valence-corrected chi connectivity index (χ1v) is 6.69. The van der Waals surface area contributed by atoms with Crippen molar-refractivity contribution in [2.75, 3.05) is 13.1 Å². The van der Waals surface area contributed by atoms with Crippen LogP contribution in [-0.2, 0) is 4.79 Å². The van der Waals surface area contributed by atoms with Crippen LogP contribution in [-0.4, -0.2) is 25.0 Å². The summed E-state index contributed by atoms with van der Waals surface area (Å²) in [6, 6.07) is 0.461. The Hall–Kier alpha value is -0.570. The highest BCUT2D eigenvalue weighted by atomic mass is 16.2. The van der Waals surface area contributed by atoms with E-state index in [4.69, 9.17) is 0 Å². The summed E-state index contributed by atoms with van der Waals surface area (Å²) < 4.78 is 0. The molecule has 1 aliphatic heterocycles. The molecule has 3 atom stereocenters. The molecule has 0 radical (unpaired) electrons. The molecule has 1 saturated carbocycles. The number of piperidine rings is 1. The van der Waals surface area contributed by atoms with E-state index in [1.165, 1.54) is 6.42 Å². The van der Waals surface area contributed by atoms with E-state index in [0.29, 0.717) is 17.9 Å². The fourth-order valence-corrected chi connectivity index (χ4v) is 2.81. The quantitative estimate of drug-likeness (QED) is 0.763. The number of hydrogen-bond acceptors (Lipinski definition) is 2. The van der Waals surface area contributed by atoms with Crippen molar-refractivity contribution in [3.63, 3.8) is 0 Å². The van der Waals surface area contributed by atoms with Crippen molar-refractivity contribution < 1.29 is 4.79 Å². The molecule has 0 aromatic carbocycles. The minimum atomic E-state index is -0.116. The van der Waals surface area contributed by atoms with Gasteiger partial charge in [0, 0.05) is 12.6 Å². The molecule has 16 heavy (non-hydrogen) atoms. The SMILES string of the molecule is CCCC1(C(=O)NC2CC2C)CCCNC1. The normalized spacial score (nSPS) is 38.1. The minimum Gasteiger partial charge on any atom is -0.353 e. The third kappa shape index (κ3) is 2.40. The van der Waals surface area contributed by atoms with Gasteiger partial charge in [-0.1, -0.05) is 20.3 Å². The number of amides is 1. The number of carbonyl (C=O) groups excluding carboxylic acids is 1. The predicted molar refractivity (Wildman–Crippen MR) is 65.2 cm³/mol. The largest absolute Gasteiger partial charge is 0.353 e. The molecule has 3 unspecified atom stereocenters. The molecule has 92 valence electrons. The van der Waals surface area contributed by atoms with Crippen LogP contribution in [0.25, 0.3) is 0 Å². The van der Waals surface area contributed by atoms with Gasteiger partial charge in [-0.25, -0.2) is 0 Å². The highest BCUT2D eigenvalue weighted by Crippen LogP contribution is 2.35. The van der Waals surface area contributed by atoms with Crippen LogP contribution in [0.15, 0.2) is 0 Å². The maximum absolute atomic E-state index is 12.4. The van der Waals surface area contributed by atoms with Gasteiger partial charge < -0.3 is 10.6 Å². The highest BCUT2D eigenvalue weighted by molar-refractivity contribution is 5.83. The summed E-state index contributed by atoms with van der Waals surface area (Å²) in [5.41, 5.74) is -0.116. The molecule has 1 aliphatic carbocycles. The van der Waals surface area contributed by atoms with E-state index in [9.17, 15) is 4.79 Å². The molecule has 0 bridgehead atoms. The van der Waals surface area contributed by atoms with E-state index in [-0.39, 0.29) is 5.41 Å². The van der Waals surface area contributed by atoms with E-state index in [0.717, 1.165) is 38.8 Å². The lowest BCUT2D eigenvalue weighted by atomic mass is 9.76. The Bertz CT molecular complexity index is 253. The molecule has 1 heterocycles. The lowest BCUT2D eigenvalue weighted by Gasteiger charge is -2.36. The van der Waals surface area contributed by atoms with Crippen LogP contribution in [0.4, 0.5) is 0 Å². The summed E-state index contributed by atoms with van der Waals surface area (Å²) in [5, 5.41) is 6.61. The topological polar surface area (TPSA) is 41.1 Å². The van der Waals surface area contributed by atoms with Gasteiger partial charge in [0.15, 0.2) is 0 Å². The third-order valence-corrected chi connectivity index (χ3v) is 4.11. The van der Waals surface area contributed by atoms with Crippen molar-refractivity contribution >= 4 is 5.91 Å². The Kier molecular flexibility index (Phi) is 3.53. The van der Waals surface area contributed by atoms with Crippen LogP contribution in [0, 0.1) is 11.3 Å². The smallest absolute Gasteiger partial charge is 0.227 e. The Labute approximate surface area is 98.4 Å². The fraction of sp³-hybridized carbons (Fsp3) is 0.923. The van der Waals surface area contributed by atoms with Crippen LogP contribution in [0.1, 0.15) is 46.0 Å². The van der Waals surface area contributed by atoms with Crippen LogP contribution < -0.4 is 10.6 Å². The fourth-order valence-electron chi connectivity index (χ4n) is 2.81. The first kappa shape index (κ1) is 11.9. The molecule has 1 saturated heterocycles. The van der Waals surface area contributed by atoms with Gasteiger partial charge in [-0.15, -0.1) is 0 Å². The number of carbonyl (C=O) groups is 1. The van der Waals surface area contributed by atoms with Gasteiger partial charge >= 0.3 is 0 Å². The van der Waals surface area contributed by atoms with Gasteiger partial charge in [0.2, 0.25) is 5.91 Å². The molecule has 1 amide bonds. The second-order valence-corrected chi connectivity index (χ2v) is 5.60. The van der Waals surface area contributed by atoms with E-state index in [2.05, 4.69) is 24.5 Å². The third-order valence-electron chi connectivity index (χ3n) is 4.11. The highest BCUT2D eigenvalue weighted by Gasteiger charge is 2.42. The summed E-state index contributed by atoms with van der Waals surface area (Å²) in [7, 11) is 0. The summed E-state index contributed by atoms with van der Waals surface area (Å²) in [6.07, 6.45) is 5.47. The minimum absolute atomic E-state index is 0.116. The van der Waals surface area contributed by atoms with Crippen molar-refractivity contribution in [2.24, 2.45) is 11.3 Å². The zero-order chi connectivity index (χ0) is 11.6. The molecule has 2 rings (SSSR count). The second kappa shape index (κ2) is 4.74. The number of nitrogens with one attached hydrogen (secondary N) is 2. The van der Waals surface area contributed by atoms with Crippen molar-refractivity contribution in [3.05, 3.63) is 0 Å². The molecule has 2 N–H and O–H groups in total. The Morgan fingerprint density at radius 3 is 2.81 bits per heavy atom. The lowest BCUT2D eigenvalue weighted by molar-refractivity contribution is -0.132. The summed E-state index contributed by atoms with van der Waals surface area (Å²) in [4.78, 5) is 12.4. The average molecular weight is 224 g/mol. The summed E-state index contributed by atoms with van der Waals surface area (Å²) >= 11 is 0. The van der Waals surface area contributed by atoms with E-state index in [1.54, 1.807) is 0 Å². The number of hydrogen-bond donors (Lipinski definition) is 2. The lowest BCUT2D eigenvalue weighted by Crippen LogP contribution is -2.51. The molecular formula is C13H24N2O. The van der Waals surface area contributed by atoms with Crippen molar-refractivity contribution in [2.45, 2.75) is 52.0 Å². The second-order valence-electron chi connectivity index (χ2n) is 5.60. The first-order chi connectivity index (χ1) is 7.68. The molecule has 0 aromatic heterocycles. The van der Waals surface area contributed by atoms with Crippen LogP contribution in [0.2, 0.25) is 0 Å². The van der Waals surface area contributed by atoms with Gasteiger partial charge in [-0.2, -0.15) is 0 Å². The Balaban J connectivity index is 1.96. The van der Waals surface area contributed by atoms with Crippen LogP contribution in [0.3, 0.4) is 0 Å². The average Bonchev–Trinajstić information content (AvgIpc) is 2.96. The van der Waals surface area contributed by atoms with Crippen LogP contribution in [0.5, 0.6) is 0 Å². The molecule has 0 aromatic rings. The zero-order valence-corrected chi connectivity index (χ0v) is 10.5. The molecule has 0 spiro atoms. The van der Waals surface area contributed by atoms with Crippen molar-refractivity contribution in [1.82, 2.24) is 10.6 Å². The molecule has 3 nitrogen and oxygen atoms in total. The van der Waals surface area contributed by atoms with Gasteiger partial charge in [0.25, 0.3) is 0 Å². The van der Waals surface area contributed by atoms with Crippen LogP contribution >= 0.6 is 0 Å². The zero-order valence-electron chi connectivity index (χ0n) is 10.5. The monoisotopic (exact) mass is 224 g/mol. The van der Waals surface area contributed by atoms with Crippen molar-refractivity contribution in [1.29, 1.82) is 0 Å². The maximum atomic E-state index is 12.4. The first-order valence-electron chi connectivity index (χ1n) is 6.69. The van der Waals surface area contributed by atoms with Gasteiger partial charge in [-0.3, -0.25) is 4.79 Å². The molecule has 3 heteroatoms. The predicted octanol–water partition coefficient (Wildman–Crippen LogP) is 1.68. The van der Waals surface area contributed by atoms with Gasteiger partial charge in [-0.05, 0) is 38.1 Å². The molecule has 2 fully saturated rings. The van der Waals surface area contributed by atoms with E-state index >= 15 is 0 Å². The summed E-state index contributed by atoms with van der Waals surface area (Å²) in [6.45, 7) is 6.31. The van der Waals surface area contributed by atoms with E-state index < -0.39 is 0 Å². The molecule has 2 aliphatic rings. The standard InChI is InChI=1S/C13H24N2O/c1-3-5-13(6-4-7-14-9-13)12(16)15-11-8-10(11)2/h10-11,14H,3-9H2,1-2H3,(H,15,16). The molecular weight excluding hydrogens is 200 g/mol. The van der Waals surface area contributed by atoms with Gasteiger partial charge in [0.1, 0.15) is 0 Å².